The van der Waals surface area contributed by atoms with Gasteiger partial charge in [0.25, 0.3) is 0 Å². The molecular weight excluding hydrogens is 200 g/mol. The molecule has 1 unspecified atom stereocenters. The van der Waals surface area contributed by atoms with Gasteiger partial charge in [-0.25, -0.2) is 0 Å². The van der Waals surface area contributed by atoms with Gasteiger partial charge in [-0.05, 0) is 63.3 Å². The first-order valence-corrected chi connectivity index (χ1v) is 5.89. The average molecular weight is 222 g/mol. The van der Waals surface area contributed by atoms with Crippen molar-refractivity contribution in [3.05, 3.63) is 28.8 Å². The van der Waals surface area contributed by atoms with Crippen molar-refractivity contribution in [1.82, 2.24) is 0 Å². The zero-order valence-electron chi connectivity index (χ0n) is 10.7. The molecule has 0 radical (unpaired) electrons. The summed E-state index contributed by atoms with van der Waals surface area (Å²) >= 11 is 0. The highest BCUT2D eigenvalue weighted by atomic mass is 16.5. The Hall–Kier alpha value is -1.02. The second-order valence-corrected chi connectivity index (χ2v) is 4.54. The Labute approximate surface area is 98.3 Å². The monoisotopic (exact) mass is 222 g/mol. The van der Waals surface area contributed by atoms with Crippen LogP contribution in [0.3, 0.4) is 0 Å². The molecule has 0 amide bonds. The molecule has 0 aliphatic rings. The minimum Gasteiger partial charge on any atom is -0.493 e. The van der Waals surface area contributed by atoms with E-state index in [0.717, 1.165) is 18.6 Å². The van der Waals surface area contributed by atoms with Crippen LogP contribution in [0.2, 0.25) is 0 Å². The number of aliphatic hydroxyl groups excluding tert-OH is 1. The van der Waals surface area contributed by atoms with Crippen molar-refractivity contribution in [1.29, 1.82) is 0 Å². The summed E-state index contributed by atoms with van der Waals surface area (Å²) in [5.74, 6) is 0.966. The zero-order valence-corrected chi connectivity index (χ0v) is 10.7. The molecule has 0 bridgehead atoms. The van der Waals surface area contributed by atoms with E-state index in [0.29, 0.717) is 6.61 Å². The molecular formula is C14H22O2. The Balaban J connectivity index is 2.51. The second kappa shape index (κ2) is 5.90. The Kier molecular flexibility index (Phi) is 4.81. The largest absolute Gasteiger partial charge is 0.493 e. The quantitative estimate of drug-likeness (QED) is 0.775. The molecule has 1 rings (SSSR count). The highest BCUT2D eigenvalue weighted by Crippen LogP contribution is 2.22. The van der Waals surface area contributed by atoms with Gasteiger partial charge in [0, 0.05) is 0 Å². The highest BCUT2D eigenvalue weighted by Gasteiger charge is 2.03. The van der Waals surface area contributed by atoms with Crippen molar-refractivity contribution >= 4 is 0 Å². The van der Waals surface area contributed by atoms with Crippen LogP contribution in [0.25, 0.3) is 0 Å². The molecule has 0 fully saturated rings. The Morgan fingerprint density at radius 1 is 1.12 bits per heavy atom. The minimum atomic E-state index is -0.232. The van der Waals surface area contributed by atoms with Crippen LogP contribution in [-0.2, 0) is 0 Å². The first-order chi connectivity index (χ1) is 7.50. The smallest absolute Gasteiger partial charge is 0.122 e. The third kappa shape index (κ3) is 3.86. The van der Waals surface area contributed by atoms with Crippen molar-refractivity contribution in [3.63, 3.8) is 0 Å². The normalized spacial score (nSPS) is 12.6. The third-order valence-electron chi connectivity index (χ3n) is 2.82. The molecule has 0 spiro atoms. The third-order valence-corrected chi connectivity index (χ3v) is 2.82. The number of aliphatic hydroxyl groups is 1. The SMILES string of the molecule is Cc1cc(C)c(OCCCC(C)O)cc1C. The number of aryl methyl sites for hydroxylation is 3. The van der Waals surface area contributed by atoms with E-state index in [1.54, 1.807) is 6.92 Å². The van der Waals surface area contributed by atoms with Crippen LogP contribution >= 0.6 is 0 Å². The predicted octanol–water partition coefficient (Wildman–Crippen LogP) is 3.15. The van der Waals surface area contributed by atoms with Gasteiger partial charge in [-0.3, -0.25) is 0 Å². The van der Waals surface area contributed by atoms with Gasteiger partial charge in [0.05, 0.1) is 12.7 Å². The van der Waals surface area contributed by atoms with E-state index in [4.69, 9.17) is 9.84 Å². The molecule has 16 heavy (non-hydrogen) atoms. The van der Waals surface area contributed by atoms with Crippen molar-refractivity contribution in [2.24, 2.45) is 0 Å². The molecule has 2 nitrogen and oxygen atoms in total. The highest BCUT2D eigenvalue weighted by molar-refractivity contribution is 5.40. The van der Waals surface area contributed by atoms with Crippen LogP contribution in [0, 0.1) is 20.8 Å². The van der Waals surface area contributed by atoms with Crippen LogP contribution in [-0.4, -0.2) is 17.8 Å². The van der Waals surface area contributed by atoms with E-state index >= 15 is 0 Å². The van der Waals surface area contributed by atoms with E-state index < -0.39 is 0 Å². The van der Waals surface area contributed by atoms with Gasteiger partial charge < -0.3 is 9.84 Å². The van der Waals surface area contributed by atoms with Gasteiger partial charge >= 0.3 is 0 Å². The minimum absolute atomic E-state index is 0.232. The lowest BCUT2D eigenvalue weighted by atomic mass is 10.1. The molecule has 0 heterocycles. The topological polar surface area (TPSA) is 29.5 Å². The lowest BCUT2D eigenvalue weighted by molar-refractivity contribution is 0.170. The number of rotatable bonds is 5. The fraction of sp³-hybridized carbons (Fsp3) is 0.571. The van der Waals surface area contributed by atoms with Gasteiger partial charge in [0.2, 0.25) is 0 Å². The van der Waals surface area contributed by atoms with Crippen molar-refractivity contribution in [3.8, 4) is 5.75 Å². The summed E-state index contributed by atoms with van der Waals surface area (Å²) in [6.07, 6.45) is 1.46. The maximum Gasteiger partial charge on any atom is 0.122 e. The standard InChI is InChI=1S/C14H22O2/c1-10-8-12(3)14(9-11(10)2)16-7-5-6-13(4)15/h8-9,13,15H,5-7H2,1-4H3. The van der Waals surface area contributed by atoms with Gasteiger partial charge in [0.1, 0.15) is 5.75 Å². The number of hydrogen-bond acceptors (Lipinski definition) is 2. The number of ether oxygens (including phenoxy) is 1. The molecule has 2 heteroatoms. The Bertz CT molecular complexity index is 343. The first-order valence-electron chi connectivity index (χ1n) is 5.89. The fourth-order valence-electron chi connectivity index (χ4n) is 1.65. The Morgan fingerprint density at radius 2 is 1.75 bits per heavy atom. The van der Waals surface area contributed by atoms with E-state index in [-0.39, 0.29) is 6.10 Å². The lowest BCUT2D eigenvalue weighted by Crippen LogP contribution is -2.05. The second-order valence-electron chi connectivity index (χ2n) is 4.54. The molecule has 1 aromatic carbocycles. The molecule has 0 saturated carbocycles. The van der Waals surface area contributed by atoms with Crippen LogP contribution in [0.1, 0.15) is 36.5 Å². The summed E-state index contributed by atoms with van der Waals surface area (Å²) in [6.45, 7) is 8.75. The summed E-state index contributed by atoms with van der Waals surface area (Å²) in [5.41, 5.74) is 3.74. The molecule has 0 aliphatic carbocycles. The van der Waals surface area contributed by atoms with Crippen LogP contribution < -0.4 is 4.74 Å². The molecule has 0 aromatic heterocycles. The van der Waals surface area contributed by atoms with Crippen molar-refractivity contribution in [2.45, 2.75) is 46.6 Å². The first kappa shape index (κ1) is 13.0. The van der Waals surface area contributed by atoms with Crippen molar-refractivity contribution in [2.75, 3.05) is 6.61 Å². The summed E-state index contributed by atoms with van der Waals surface area (Å²) in [7, 11) is 0. The van der Waals surface area contributed by atoms with Crippen LogP contribution in [0.4, 0.5) is 0 Å². The van der Waals surface area contributed by atoms with Crippen molar-refractivity contribution < 1.29 is 9.84 Å². The van der Waals surface area contributed by atoms with Crippen LogP contribution in [0.15, 0.2) is 12.1 Å². The molecule has 1 aromatic rings. The number of hydrogen-bond donors (Lipinski definition) is 1. The van der Waals surface area contributed by atoms with Gasteiger partial charge in [-0.1, -0.05) is 6.07 Å². The zero-order chi connectivity index (χ0) is 12.1. The van der Waals surface area contributed by atoms with Gasteiger partial charge in [0.15, 0.2) is 0 Å². The molecule has 1 N–H and O–H groups in total. The molecule has 90 valence electrons. The van der Waals surface area contributed by atoms with Gasteiger partial charge in [-0.15, -0.1) is 0 Å². The van der Waals surface area contributed by atoms with E-state index in [1.165, 1.54) is 16.7 Å². The van der Waals surface area contributed by atoms with E-state index in [9.17, 15) is 0 Å². The summed E-state index contributed by atoms with van der Waals surface area (Å²) in [5, 5.41) is 9.13. The summed E-state index contributed by atoms with van der Waals surface area (Å²) < 4.78 is 5.71. The molecule has 0 aliphatic heterocycles. The van der Waals surface area contributed by atoms with Gasteiger partial charge in [-0.2, -0.15) is 0 Å². The summed E-state index contributed by atoms with van der Waals surface area (Å²) in [4.78, 5) is 0. The maximum atomic E-state index is 9.13. The maximum absolute atomic E-state index is 9.13. The summed E-state index contributed by atoms with van der Waals surface area (Å²) in [6, 6.07) is 4.24. The fourth-order valence-corrected chi connectivity index (χ4v) is 1.65. The van der Waals surface area contributed by atoms with Crippen LogP contribution in [0.5, 0.6) is 5.75 Å². The Morgan fingerprint density at radius 3 is 2.38 bits per heavy atom. The predicted molar refractivity (Wildman–Crippen MR) is 67.1 cm³/mol. The van der Waals surface area contributed by atoms with E-state index in [1.807, 2.05) is 0 Å². The molecule has 0 saturated heterocycles. The lowest BCUT2D eigenvalue weighted by Gasteiger charge is -2.12. The average Bonchev–Trinajstić information content (AvgIpc) is 2.19. The van der Waals surface area contributed by atoms with E-state index in [2.05, 4.69) is 32.9 Å². The molecule has 1 atom stereocenters. The number of benzene rings is 1.